The molecule has 0 bridgehead atoms. The number of carbonyl (C=O) groups is 2. The number of hydrogen-bond donors (Lipinski definition) is 2. The van der Waals surface area contributed by atoms with E-state index in [-0.39, 0.29) is 17.7 Å². The van der Waals surface area contributed by atoms with Gasteiger partial charge in [0.1, 0.15) is 6.04 Å². The fraction of sp³-hybridized carbons (Fsp3) is 0.300. The molecule has 0 aliphatic heterocycles. The van der Waals surface area contributed by atoms with Crippen LogP contribution in [0.3, 0.4) is 0 Å². The molecule has 0 heterocycles. The third-order valence-electron chi connectivity index (χ3n) is 4.20. The second-order valence-electron chi connectivity index (χ2n) is 6.05. The first kappa shape index (κ1) is 19.0. The molecular weight excluding hydrogens is 336 g/mol. The molecule has 2 aromatic carbocycles. The van der Waals surface area contributed by atoms with Gasteiger partial charge >= 0.3 is 0 Å². The van der Waals surface area contributed by atoms with Crippen molar-refractivity contribution in [3.63, 3.8) is 0 Å². The van der Waals surface area contributed by atoms with E-state index in [1.807, 2.05) is 32.0 Å². The summed E-state index contributed by atoms with van der Waals surface area (Å²) in [6, 6.07) is 15.6. The van der Waals surface area contributed by atoms with Crippen LogP contribution in [0.2, 0.25) is 5.02 Å². The molecule has 2 aromatic rings. The fourth-order valence-corrected chi connectivity index (χ4v) is 2.54. The summed E-state index contributed by atoms with van der Waals surface area (Å²) in [6.07, 6.45) is 0.786. The van der Waals surface area contributed by atoms with E-state index in [0.717, 1.165) is 12.0 Å². The van der Waals surface area contributed by atoms with E-state index in [1.165, 1.54) is 0 Å². The molecule has 0 aliphatic rings. The Morgan fingerprint density at radius 1 is 1.04 bits per heavy atom. The summed E-state index contributed by atoms with van der Waals surface area (Å²) >= 11 is 5.87. The van der Waals surface area contributed by atoms with E-state index >= 15 is 0 Å². The smallest absolute Gasteiger partial charge is 0.251 e. The molecule has 2 rings (SSSR count). The lowest BCUT2D eigenvalue weighted by molar-refractivity contribution is -0.124. The van der Waals surface area contributed by atoms with E-state index in [0.29, 0.717) is 17.1 Å². The van der Waals surface area contributed by atoms with E-state index in [2.05, 4.69) is 10.6 Å². The quantitative estimate of drug-likeness (QED) is 0.790. The average Bonchev–Trinajstić information content (AvgIpc) is 2.65. The maximum Gasteiger partial charge on any atom is 0.251 e. The van der Waals surface area contributed by atoms with Crippen LogP contribution in [-0.2, 0) is 11.3 Å². The van der Waals surface area contributed by atoms with Crippen molar-refractivity contribution in [1.82, 2.24) is 10.6 Å². The molecule has 2 amide bonds. The molecular formula is C20H23ClN2O2. The fourth-order valence-electron chi connectivity index (χ4n) is 2.42. The Balaban J connectivity index is 2.01. The highest BCUT2D eigenvalue weighted by atomic mass is 35.5. The Labute approximate surface area is 153 Å². The third-order valence-corrected chi connectivity index (χ3v) is 4.45. The van der Waals surface area contributed by atoms with Gasteiger partial charge in [0.2, 0.25) is 5.91 Å². The lowest BCUT2D eigenvalue weighted by atomic mass is 9.97. The number of amides is 2. The number of rotatable bonds is 7. The summed E-state index contributed by atoms with van der Waals surface area (Å²) in [5.74, 6) is -0.404. The van der Waals surface area contributed by atoms with Gasteiger partial charge in [-0.3, -0.25) is 9.59 Å². The zero-order valence-corrected chi connectivity index (χ0v) is 15.2. The molecule has 0 aromatic heterocycles. The Morgan fingerprint density at radius 3 is 2.28 bits per heavy atom. The standard InChI is InChI=1S/C20H23ClN2O2/c1-3-14(2)18(23-19(24)16-7-5-4-6-8-16)20(25)22-13-15-9-11-17(21)12-10-15/h4-12,14,18H,3,13H2,1-2H3,(H,22,25)(H,23,24). The molecule has 0 fully saturated rings. The zero-order valence-electron chi connectivity index (χ0n) is 14.5. The molecule has 25 heavy (non-hydrogen) atoms. The van der Waals surface area contributed by atoms with Crippen molar-refractivity contribution in [2.24, 2.45) is 5.92 Å². The van der Waals surface area contributed by atoms with Gasteiger partial charge in [-0.1, -0.05) is 62.2 Å². The summed E-state index contributed by atoms with van der Waals surface area (Å²) in [6.45, 7) is 4.35. The highest BCUT2D eigenvalue weighted by molar-refractivity contribution is 6.30. The Hall–Kier alpha value is -2.33. The lowest BCUT2D eigenvalue weighted by Crippen LogP contribution is -2.50. The molecule has 2 N–H and O–H groups in total. The van der Waals surface area contributed by atoms with Crippen molar-refractivity contribution in [2.75, 3.05) is 0 Å². The van der Waals surface area contributed by atoms with Crippen LogP contribution in [0, 0.1) is 5.92 Å². The van der Waals surface area contributed by atoms with E-state index in [9.17, 15) is 9.59 Å². The Bertz CT molecular complexity index is 701. The first-order valence-electron chi connectivity index (χ1n) is 8.39. The number of benzene rings is 2. The van der Waals surface area contributed by atoms with Crippen LogP contribution in [0.1, 0.15) is 36.2 Å². The van der Waals surface area contributed by atoms with Gasteiger partial charge in [-0.25, -0.2) is 0 Å². The molecule has 2 atom stereocenters. The monoisotopic (exact) mass is 358 g/mol. The highest BCUT2D eigenvalue weighted by Gasteiger charge is 2.26. The van der Waals surface area contributed by atoms with E-state index in [1.54, 1.807) is 36.4 Å². The second kappa shape index (κ2) is 9.23. The molecule has 0 saturated heterocycles. The van der Waals surface area contributed by atoms with Crippen molar-refractivity contribution < 1.29 is 9.59 Å². The van der Waals surface area contributed by atoms with Gasteiger partial charge in [-0.15, -0.1) is 0 Å². The van der Waals surface area contributed by atoms with Crippen LogP contribution in [0.4, 0.5) is 0 Å². The average molecular weight is 359 g/mol. The molecule has 132 valence electrons. The third kappa shape index (κ3) is 5.61. The van der Waals surface area contributed by atoms with Crippen LogP contribution >= 0.6 is 11.6 Å². The summed E-state index contributed by atoms with van der Waals surface area (Å²) in [7, 11) is 0. The van der Waals surface area contributed by atoms with Crippen molar-refractivity contribution in [3.8, 4) is 0 Å². The van der Waals surface area contributed by atoms with Crippen molar-refractivity contribution in [1.29, 1.82) is 0 Å². The SMILES string of the molecule is CCC(C)C(NC(=O)c1ccccc1)C(=O)NCc1ccc(Cl)cc1. The Morgan fingerprint density at radius 2 is 1.68 bits per heavy atom. The second-order valence-corrected chi connectivity index (χ2v) is 6.48. The predicted molar refractivity (Wildman–Crippen MR) is 100 cm³/mol. The van der Waals surface area contributed by atoms with Gasteiger partial charge in [0, 0.05) is 17.1 Å². The summed E-state index contributed by atoms with van der Waals surface area (Å²) < 4.78 is 0. The summed E-state index contributed by atoms with van der Waals surface area (Å²) in [5, 5.41) is 6.41. The largest absolute Gasteiger partial charge is 0.350 e. The van der Waals surface area contributed by atoms with Gasteiger partial charge in [-0.05, 0) is 35.7 Å². The minimum Gasteiger partial charge on any atom is -0.350 e. The normalized spacial score (nSPS) is 12.9. The molecule has 0 saturated carbocycles. The zero-order chi connectivity index (χ0) is 18.2. The lowest BCUT2D eigenvalue weighted by Gasteiger charge is -2.23. The molecule has 0 radical (unpaired) electrons. The number of carbonyl (C=O) groups excluding carboxylic acids is 2. The minimum atomic E-state index is -0.579. The topological polar surface area (TPSA) is 58.2 Å². The number of halogens is 1. The highest BCUT2D eigenvalue weighted by Crippen LogP contribution is 2.12. The molecule has 2 unspecified atom stereocenters. The molecule has 0 aliphatic carbocycles. The van der Waals surface area contributed by atoms with Gasteiger partial charge in [0.05, 0.1) is 0 Å². The van der Waals surface area contributed by atoms with Crippen molar-refractivity contribution in [3.05, 3.63) is 70.7 Å². The van der Waals surface area contributed by atoms with Crippen molar-refractivity contribution in [2.45, 2.75) is 32.9 Å². The predicted octanol–water partition coefficient (Wildman–Crippen LogP) is 3.80. The molecule has 4 nitrogen and oxygen atoms in total. The minimum absolute atomic E-state index is 0.0258. The number of nitrogens with one attached hydrogen (secondary N) is 2. The van der Waals surface area contributed by atoms with Gasteiger partial charge in [0.15, 0.2) is 0 Å². The Kier molecular flexibility index (Phi) is 7.02. The van der Waals surface area contributed by atoms with Crippen LogP contribution in [-0.4, -0.2) is 17.9 Å². The first-order valence-corrected chi connectivity index (χ1v) is 8.77. The van der Waals surface area contributed by atoms with Gasteiger partial charge in [0.25, 0.3) is 5.91 Å². The summed E-state index contributed by atoms with van der Waals surface area (Å²) in [5.41, 5.74) is 1.50. The maximum atomic E-state index is 12.6. The summed E-state index contributed by atoms with van der Waals surface area (Å²) in [4.78, 5) is 25.0. The van der Waals surface area contributed by atoms with Crippen LogP contribution in [0.15, 0.2) is 54.6 Å². The maximum absolute atomic E-state index is 12.6. The van der Waals surface area contributed by atoms with Crippen molar-refractivity contribution >= 4 is 23.4 Å². The van der Waals surface area contributed by atoms with Gasteiger partial charge in [-0.2, -0.15) is 0 Å². The molecule has 0 spiro atoms. The van der Waals surface area contributed by atoms with Crippen LogP contribution < -0.4 is 10.6 Å². The van der Waals surface area contributed by atoms with E-state index in [4.69, 9.17) is 11.6 Å². The first-order chi connectivity index (χ1) is 12.0. The van der Waals surface area contributed by atoms with Crippen LogP contribution in [0.25, 0.3) is 0 Å². The van der Waals surface area contributed by atoms with E-state index < -0.39 is 6.04 Å². The van der Waals surface area contributed by atoms with Gasteiger partial charge < -0.3 is 10.6 Å². The molecule has 5 heteroatoms. The number of hydrogen-bond acceptors (Lipinski definition) is 2. The van der Waals surface area contributed by atoms with Crippen LogP contribution in [0.5, 0.6) is 0 Å².